The SMILES string of the molecule is Cc1cccn(C(C)(C)C(=O)Nc2cccc(N)c2)c1=O. The van der Waals surface area contributed by atoms with E-state index in [1.807, 2.05) is 0 Å². The predicted octanol–water partition coefficient (Wildman–Crippen LogP) is 2.11. The van der Waals surface area contributed by atoms with Crippen molar-refractivity contribution in [3.05, 3.63) is 58.5 Å². The Morgan fingerprint density at radius 2 is 1.95 bits per heavy atom. The monoisotopic (exact) mass is 285 g/mol. The van der Waals surface area contributed by atoms with Gasteiger partial charge in [0.2, 0.25) is 5.91 Å². The fourth-order valence-electron chi connectivity index (χ4n) is 2.05. The number of anilines is 2. The van der Waals surface area contributed by atoms with Gasteiger partial charge in [0, 0.05) is 23.1 Å². The summed E-state index contributed by atoms with van der Waals surface area (Å²) in [6, 6.07) is 10.4. The molecule has 0 aliphatic rings. The molecule has 0 atom stereocenters. The number of nitrogens with two attached hydrogens (primary N) is 1. The molecule has 1 amide bonds. The molecule has 2 aromatic rings. The van der Waals surface area contributed by atoms with Crippen LogP contribution in [0.3, 0.4) is 0 Å². The lowest BCUT2D eigenvalue weighted by atomic mass is 10.0. The average molecular weight is 285 g/mol. The van der Waals surface area contributed by atoms with Crippen LogP contribution in [0.25, 0.3) is 0 Å². The Morgan fingerprint density at radius 1 is 1.24 bits per heavy atom. The van der Waals surface area contributed by atoms with E-state index in [1.54, 1.807) is 63.4 Å². The van der Waals surface area contributed by atoms with Gasteiger partial charge in [0.25, 0.3) is 5.56 Å². The minimum Gasteiger partial charge on any atom is -0.399 e. The first-order chi connectivity index (χ1) is 9.82. The van der Waals surface area contributed by atoms with Crippen molar-refractivity contribution < 1.29 is 4.79 Å². The van der Waals surface area contributed by atoms with Gasteiger partial charge in [0.1, 0.15) is 5.54 Å². The van der Waals surface area contributed by atoms with Crippen LogP contribution in [0.4, 0.5) is 11.4 Å². The Hall–Kier alpha value is -2.56. The van der Waals surface area contributed by atoms with Gasteiger partial charge in [-0.15, -0.1) is 0 Å². The fraction of sp³-hybridized carbons (Fsp3) is 0.250. The summed E-state index contributed by atoms with van der Waals surface area (Å²) >= 11 is 0. The van der Waals surface area contributed by atoms with Gasteiger partial charge in [0.15, 0.2) is 0 Å². The van der Waals surface area contributed by atoms with Crippen molar-refractivity contribution in [1.82, 2.24) is 4.57 Å². The molecule has 0 unspecified atom stereocenters. The van der Waals surface area contributed by atoms with Crippen LogP contribution in [0.5, 0.6) is 0 Å². The molecule has 5 heteroatoms. The van der Waals surface area contributed by atoms with Crippen molar-refractivity contribution in [2.75, 3.05) is 11.1 Å². The number of nitrogen functional groups attached to an aromatic ring is 1. The zero-order valence-corrected chi connectivity index (χ0v) is 12.4. The lowest BCUT2D eigenvalue weighted by Gasteiger charge is -2.26. The molecule has 5 nitrogen and oxygen atoms in total. The van der Waals surface area contributed by atoms with Gasteiger partial charge >= 0.3 is 0 Å². The van der Waals surface area contributed by atoms with E-state index in [1.165, 1.54) is 4.57 Å². The van der Waals surface area contributed by atoms with Crippen molar-refractivity contribution in [1.29, 1.82) is 0 Å². The molecule has 0 aliphatic carbocycles. The Balaban J connectivity index is 2.33. The molecule has 2 rings (SSSR count). The maximum absolute atomic E-state index is 12.5. The largest absolute Gasteiger partial charge is 0.399 e. The molecule has 0 saturated carbocycles. The number of aromatic nitrogens is 1. The molecule has 0 fully saturated rings. The van der Waals surface area contributed by atoms with E-state index in [0.717, 1.165) is 0 Å². The highest BCUT2D eigenvalue weighted by molar-refractivity contribution is 5.96. The second-order valence-corrected chi connectivity index (χ2v) is 5.50. The number of carbonyl (C=O) groups excluding carboxylic acids is 1. The van der Waals surface area contributed by atoms with Gasteiger partial charge in [-0.1, -0.05) is 12.1 Å². The number of amides is 1. The lowest BCUT2D eigenvalue weighted by molar-refractivity contribution is -0.123. The quantitative estimate of drug-likeness (QED) is 0.848. The van der Waals surface area contributed by atoms with E-state index in [4.69, 9.17) is 5.73 Å². The van der Waals surface area contributed by atoms with Crippen molar-refractivity contribution in [3.63, 3.8) is 0 Å². The smallest absolute Gasteiger partial charge is 0.254 e. The summed E-state index contributed by atoms with van der Waals surface area (Å²) in [7, 11) is 0. The highest BCUT2D eigenvalue weighted by atomic mass is 16.2. The van der Waals surface area contributed by atoms with Crippen LogP contribution in [-0.2, 0) is 10.3 Å². The molecule has 0 radical (unpaired) electrons. The first kappa shape index (κ1) is 14.8. The highest BCUT2D eigenvalue weighted by Gasteiger charge is 2.30. The number of aryl methyl sites for hydroxylation is 1. The lowest BCUT2D eigenvalue weighted by Crippen LogP contribution is -2.45. The average Bonchev–Trinajstić information content (AvgIpc) is 2.41. The summed E-state index contributed by atoms with van der Waals surface area (Å²) in [5.41, 5.74) is 6.28. The second kappa shape index (κ2) is 5.44. The van der Waals surface area contributed by atoms with Crippen LogP contribution in [0.2, 0.25) is 0 Å². The molecule has 0 aliphatic heterocycles. The zero-order valence-electron chi connectivity index (χ0n) is 12.4. The Labute approximate surface area is 123 Å². The van der Waals surface area contributed by atoms with Crippen molar-refractivity contribution in [2.24, 2.45) is 0 Å². The molecule has 1 aromatic heterocycles. The Morgan fingerprint density at radius 3 is 2.62 bits per heavy atom. The highest BCUT2D eigenvalue weighted by Crippen LogP contribution is 2.18. The van der Waals surface area contributed by atoms with E-state index >= 15 is 0 Å². The Kier molecular flexibility index (Phi) is 3.84. The van der Waals surface area contributed by atoms with Gasteiger partial charge in [0.05, 0.1) is 0 Å². The van der Waals surface area contributed by atoms with Crippen molar-refractivity contribution >= 4 is 17.3 Å². The number of benzene rings is 1. The zero-order chi connectivity index (χ0) is 15.6. The van der Waals surface area contributed by atoms with Crippen LogP contribution < -0.4 is 16.6 Å². The summed E-state index contributed by atoms with van der Waals surface area (Å²) in [6.07, 6.45) is 1.62. The van der Waals surface area contributed by atoms with Crippen LogP contribution in [0.1, 0.15) is 19.4 Å². The molecular weight excluding hydrogens is 266 g/mol. The van der Waals surface area contributed by atoms with E-state index in [-0.39, 0.29) is 11.5 Å². The fourth-order valence-corrected chi connectivity index (χ4v) is 2.05. The summed E-state index contributed by atoms with van der Waals surface area (Å²) in [5.74, 6) is -0.277. The summed E-state index contributed by atoms with van der Waals surface area (Å²) in [6.45, 7) is 5.13. The molecule has 0 saturated heterocycles. The number of pyridine rings is 1. The predicted molar refractivity (Wildman–Crippen MR) is 84.2 cm³/mol. The van der Waals surface area contributed by atoms with E-state index < -0.39 is 5.54 Å². The van der Waals surface area contributed by atoms with Crippen molar-refractivity contribution in [2.45, 2.75) is 26.3 Å². The van der Waals surface area contributed by atoms with Crippen LogP contribution >= 0.6 is 0 Å². The summed E-state index contributed by atoms with van der Waals surface area (Å²) in [5, 5.41) is 2.79. The molecule has 1 aromatic carbocycles. The maximum atomic E-state index is 12.5. The number of carbonyl (C=O) groups is 1. The second-order valence-electron chi connectivity index (χ2n) is 5.50. The molecule has 21 heavy (non-hydrogen) atoms. The molecule has 1 heterocycles. The van der Waals surface area contributed by atoms with E-state index in [0.29, 0.717) is 16.9 Å². The standard InChI is InChI=1S/C16H19N3O2/c1-11-6-5-9-19(14(11)20)16(2,3)15(21)18-13-8-4-7-12(17)10-13/h4-10H,17H2,1-3H3,(H,18,21). The van der Waals surface area contributed by atoms with Gasteiger partial charge in [-0.05, 0) is 45.0 Å². The normalized spacial score (nSPS) is 11.2. The van der Waals surface area contributed by atoms with Crippen LogP contribution in [0, 0.1) is 6.92 Å². The number of nitrogens with zero attached hydrogens (tertiary/aromatic N) is 1. The number of nitrogens with one attached hydrogen (secondary N) is 1. The first-order valence-electron chi connectivity index (χ1n) is 6.68. The van der Waals surface area contributed by atoms with Gasteiger partial charge < -0.3 is 15.6 Å². The molecular formula is C16H19N3O2. The number of hydrogen-bond acceptors (Lipinski definition) is 3. The number of hydrogen-bond donors (Lipinski definition) is 2. The molecule has 110 valence electrons. The molecule has 0 bridgehead atoms. The summed E-state index contributed by atoms with van der Waals surface area (Å²) in [4.78, 5) is 24.7. The van der Waals surface area contributed by atoms with Gasteiger partial charge in [-0.3, -0.25) is 9.59 Å². The molecule has 3 N–H and O–H groups in total. The minimum atomic E-state index is -1.01. The third-order valence-electron chi connectivity index (χ3n) is 3.44. The molecule has 0 spiro atoms. The third kappa shape index (κ3) is 2.97. The summed E-state index contributed by atoms with van der Waals surface area (Å²) < 4.78 is 1.43. The number of rotatable bonds is 3. The van der Waals surface area contributed by atoms with Gasteiger partial charge in [-0.25, -0.2) is 0 Å². The van der Waals surface area contributed by atoms with Crippen LogP contribution in [-0.4, -0.2) is 10.5 Å². The van der Waals surface area contributed by atoms with E-state index in [9.17, 15) is 9.59 Å². The Bertz CT molecular complexity index is 732. The first-order valence-corrected chi connectivity index (χ1v) is 6.68. The van der Waals surface area contributed by atoms with Gasteiger partial charge in [-0.2, -0.15) is 0 Å². The minimum absolute atomic E-state index is 0.176. The van der Waals surface area contributed by atoms with E-state index in [2.05, 4.69) is 5.32 Å². The van der Waals surface area contributed by atoms with Crippen molar-refractivity contribution in [3.8, 4) is 0 Å². The third-order valence-corrected chi connectivity index (χ3v) is 3.44. The topological polar surface area (TPSA) is 77.1 Å². The van der Waals surface area contributed by atoms with Crippen LogP contribution in [0.15, 0.2) is 47.4 Å². The maximum Gasteiger partial charge on any atom is 0.254 e.